The molecule has 0 unspecified atom stereocenters. The maximum Gasteiger partial charge on any atom is 0.246 e. The first-order valence-electron chi connectivity index (χ1n) is 5.18. The SMILES string of the molecule is O=C1CN(C(=O)Cc2nc(CCl)cs2)CC(=O)N1. The fourth-order valence-corrected chi connectivity index (χ4v) is 2.56. The van der Waals surface area contributed by atoms with Gasteiger partial charge in [-0.05, 0) is 0 Å². The molecule has 0 aromatic carbocycles. The highest BCUT2D eigenvalue weighted by molar-refractivity contribution is 7.09. The lowest BCUT2D eigenvalue weighted by atomic mass is 10.3. The number of carbonyl (C=O) groups is 3. The molecule has 1 N–H and O–H groups in total. The number of aromatic nitrogens is 1. The van der Waals surface area contributed by atoms with Crippen molar-refractivity contribution < 1.29 is 14.4 Å². The van der Waals surface area contributed by atoms with Crippen LogP contribution in [0.25, 0.3) is 0 Å². The Morgan fingerprint density at radius 2 is 2.11 bits per heavy atom. The molecule has 1 fully saturated rings. The van der Waals surface area contributed by atoms with E-state index in [4.69, 9.17) is 11.6 Å². The van der Waals surface area contributed by atoms with Gasteiger partial charge in [0, 0.05) is 5.38 Å². The van der Waals surface area contributed by atoms with Crippen molar-refractivity contribution in [3.05, 3.63) is 16.1 Å². The third kappa shape index (κ3) is 3.05. The van der Waals surface area contributed by atoms with E-state index in [0.29, 0.717) is 10.9 Å². The van der Waals surface area contributed by atoms with Crippen LogP contribution in [0, 0.1) is 0 Å². The molecule has 1 aliphatic rings. The van der Waals surface area contributed by atoms with E-state index in [0.717, 1.165) is 5.69 Å². The first kappa shape index (κ1) is 13.0. The molecule has 2 heterocycles. The van der Waals surface area contributed by atoms with E-state index < -0.39 is 11.8 Å². The molecule has 0 saturated carbocycles. The van der Waals surface area contributed by atoms with Crippen LogP contribution >= 0.6 is 22.9 Å². The highest BCUT2D eigenvalue weighted by Gasteiger charge is 2.26. The normalized spacial score (nSPS) is 15.7. The van der Waals surface area contributed by atoms with Crippen molar-refractivity contribution in [2.24, 2.45) is 0 Å². The van der Waals surface area contributed by atoms with E-state index in [1.54, 1.807) is 5.38 Å². The van der Waals surface area contributed by atoms with E-state index in [-0.39, 0.29) is 25.4 Å². The predicted octanol–water partition coefficient (Wildman–Crippen LogP) is -0.0906. The molecule has 0 aliphatic carbocycles. The lowest BCUT2D eigenvalue weighted by Crippen LogP contribution is -2.53. The number of hydrogen-bond acceptors (Lipinski definition) is 5. The number of piperazine rings is 1. The number of nitrogens with one attached hydrogen (secondary N) is 1. The molecular weight excluding hydrogens is 278 g/mol. The lowest BCUT2D eigenvalue weighted by molar-refractivity contribution is -0.145. The van der Waals surface area contributed by atoms with Crippen LogP contribution < -0.4 is 5.32 Å². The van der Waals surface area contributed by atoms with E-state index >= 15 is 0 Å². The van der Waals surface area contributed by atoms with Crippen molar-refractivity contribution in [2.45, 2.75) is 12.3 Å². The molecule has 2 rings (SSSR count). The Morgan fingerprint density at radius 1 is 1.44 bits per heavy atom. The molecule has 0 atom stereocenters. The van der Waals surface area contributed by atoms with Crippen molar-refractivity contribution in [1.29, 1.82) is 0 Å². The number of imide groups is 1. The summed E-state index contributed by atoms with van der Waals surface area (Å²) in [6.07, 6.45) is 0.0854. The summed E-state index contributed by atoms with van der Waals surface area (Å²) < 4.78 is 0. The highest BCUT2D eigenvalue weighted by atomic mass is 35.5. The van der Waals surface area contributed by atoms with Gasteiger partial charge in [-0.1, -0.05) is 0 Å². The molecule has 1 aromatic heterocycles. The molecule has 96 valence electrons. The summed E-state index contributed by atoms with van der Waals surface area (Å²) in [6.45, 7) is -0.170. The molecule has 18 heavy (non-hydrogen) atoms. The first-order chi connectivity index (χ1) is 8.58. The molecule has 6 nitrogen and oxygen atoms in total. The molecule has 1 aromatic rings. The second kappa shape index (κ2) is 5.45. The second-order valence-corrected chi connectivity index (χ2v) is 4.97. The van der Waals surface area contributed by atoms with Gasteiger partial charge in [0.25, 0.3) is 0 Å². The molecule has 1 aliphatic heterocycles. The van der Waals surface area contributed by atoms with Gasteiger partial charge in [0.2, 0.25) is 17.7 Å². The van der Waals surface area contributed by atoms with Crippen molar-refractivity contribution in [2.75, 3.05) is 13.1 Å². The fraction of sp³-hybridized carbons (Fsp3) is 0.400. The number of hydrogen-bond donors (Lipinski definition) is 1. The van der Waals surface area contributed by atoms with Crippen LogP contribution in [0.4, 0.5) is 0 Å². The molecule has 3 amide bonds. The van der Waals surface area contributed by atoms with Gasteiger partial charge in [-0.15, -0.1) is 22.9 Å². The standard InChI is InChI=1S/C10H10ClN3O3S/c11-2-6-5-18-9(12-6)1-10(17)14-3-7(15)13-8(16)4-14/h5H,1-4H2,(H,13,15,16). The number of alkyl halides is 1. The van der Waals surface area contributed by atoms with Gasteiger partial charge in [0.15, 0.2) is 0 Å². The van der Waals surface area contributed by atoms with Crippen molar-refractivity contribution in [3.63, 3.8) is 0 Å². The third-order valence-electron chi connectivity index (χ3n) is 2.34. The Morgan fingerprint density at radius 3 is 2.67 bits per heavy atom. The van der Waals surface area contributed by atoms with Crippen LogP contribution in [-0.2, 0) is 26.7 Å². The predicted molar refractivity (Wildman–Crippen MR) is 65.1 cm³/mol. The van der Waals surface area contributed by atoms with Gasteiger partial charge < -0.3 is 4.90 Å². The second-order valence-electron chi connectivity index (χ2n) is 3.76. The summed E-state index contributed by atoms with van der Waals surface area (Å²) in [4.78, 5) is 39.5. The number of amides is 3. The summed E-state index contributed by atoms with van der Waals surface area (Å²) in [5, 5.41) is 4.55. The van der Waals surface area contributed by atoms with Crippen LogP contribution in [0.2, 0.25) is 0 Å². The van der Waals surface area contributed by atoms with Gasteiger partial charge in [-0.3, -0.25) is 19.7 Å². The quantitative estimate of drug-likeness (QED) is 0.622. The topological polar surface area (TPSA) is 79.4 Å². The zero-order chi connectivity index (χ0) is 13.1. The van der Waals surface area contributed by atoms with Crippen molar-refractivity contribution in [3.8, 4) is 0 Å². The highest BCUT2D eigenvalue weighted by Crippen LogP contribution is 2.13. The molecule has 0 bridgehead atoms. The molecule has 1 saturated heterocycles. The number of halogens is 1. The van der Waals surface area contributed by atoms with Crippen LogP contribution in [0.1, 0.15) is 10.7 Å². The fourth-order valence-electron chi connectivity index (χ4n) is 1.55. The van der Waals surface area contributed by atoms with Crippen molar-refractivity contribution in [1.82, 2.24) is 15.2 Å². The molecule has 0 spiro atoms. The monoisotopic (exact) mass is 287 g/mol. The Hall–Kier alpha value is -1.47. The number of carbonyl (C=O) groups excluding carboxylic acids is 3. The largest absolute Gasteiger partial charge is 0.324 e. The van der Waals surface area contributed by atoms with Gasteiger partial charge >= 0.3 is 0 Å². The Kier molecular flexibility index (Phi) is 3.93. The summed E-state index contributed by atoms with van der Waals surface area (Å²) in [7, 11) is 0. The van der Waals surface area contributed by atoms with Crippen LogP contribution in [0.3, 0.4) is 0 Å². The maximum absolute atomic E-state index is 11.9. The minimum atomic E-state index is -0.458. The number of rotatable bonds is 3. The molecular formula is C10H10ClN3O3S. The minimum absolute atomic E-state index is 0.0850. The Bertz CT molecular complexity index is 486. The van der Waals surface area contributed by atoms with Crippen LogP contribution in [0.5, 0.6) is 0 Å². The van der Waals surface area contributed by atoms with Gasteiger partial charge in [0.05, 0.1) is 18.0 Å². The lowest BCUT2D eigenvalue weighted by Gasteiger charge is -2.25. The van der Waals surface area contributed by atoms with E-state index in [2.05, 4.69) is 10.3 Å². The van der Waals surface area contributed by atoms with Crippen LogP contribution in [0.15, 0.2) is 5.38 Å². The third-order valence-corrected chi connectivity index (χ3v) is 3.51. The summed E-state index contributed by atoms with van der Waals surface area (Å²) in [5.41, 5.74) is 0.719. The number of nitrogens with zero attached hydrogens (tertiary/aromatic N) is 2. The van der Waals surface area contributed by atoms with E-state index in [1.807, 2.05) is 0 Å². The van der Waals surface area contributed by atoms with Crippen LogP contribution in [-0.4, -0.2) is 40.7 Å². The minimum Gasteiger partial charge on any atom is -0.324 e. The maximum atomic E-state index is 11.9. The van der Waals surface area contributed by atoms with Gasteiger partial charge in [0.1, 0.15) is 18.1 Å². The van der Waals surface area contributed by atoms with Gasteiger partial charge in [-0.25, -0.2) is 4.98 Å². The summed E-state index contributed by atoms with van der Waals surface area (Å²) in [6, 6.07) is 0. The van der Waals surface area contributed by atoms with E-state index in [9.17, 15) is 14.4 Å². The number of thiazole rings is 1. The first-order valence-corrected chi connectivity index (χ1v) is 6.59. The summed E-state index contributed by atoms with van der Waals surface area (Å²) >= 11 is 6.95. The molecule has 8 heteroatoms. The summed E-state index contributed by atoms with van der Waals surface area (Å²) in [5.74, 6) is -0.899. The smallest absolute Gasteiger partial charge is 0.246 e. The average Bonchev–Trinajstić information content (AvgIpc) is 2.75. The zero-order valence-electron chi connectivity index (χ0n) is 9.31. The van der Waals surface area contributed by atoms with E-state index in [1.165, 1.54) is 16.2 Å². The Balaban J connectivity index is 1.98. The van der Waals surface area contributed by atoms with Crippen molar-refractivity contribution >= 4 is 40.7 Å². The van der Waals surface area contributed by atoms with Gasteiger partial charge in [-0.2, -0.15) is 0 Å². The zero-order valence-corrected chi connectivity index (χ0v) is 10.9. The Labute approximate surface area is 112 Å². The molecule has 0 radical (unpaired) electrons. The average molecular weight is 288 g/mol.